The molecular weight excluding hydrogens is 557 g/mol. The predicted octanol–water partition coefficient (Wildman–Crippen LogP) is 6.14. The van der Waals surface area contributed by atoms with Crippen LogP contribution in [0, 0.1) is 0 Å². The molecule has 14 heteroatoms. The molecule has 0 saturated heterocycles. The Hall–Kier alpha value is -3.78. The topological polar surface area (TPSA) is 105 Å². The number of ether oxygens (including phenoxy) is 1. The molecule has 4 rings (SSSR count). The van der Waals surface area contributed by atoms with Gasteiger partial charge in [-0.15, -0.1) is 0 Å². The van der Waals surface area contributed by atoms with Crippen LogP contribution < -0.4 is 20.7 Å². The third-order valence-electron chi connectivity index (χ3n) is 6.04. The molecule has 0 atom stereocenters. The Morgan fingerprint density at radius 3 is 2.45 bits per heavy atom. The third-order valence-corrected chi connectivity index (χ3v) is 8.25. The minimum Gasteiger partial charge on any atom is -0.433 e. The van der Waals surface area contributed by atoms with Crippen molar-refractivity contribution in [2.24, 2.45) is 0 Å². The van der Waals surface area contributed by atoms with Crippen LogP contribution in [0.3, 0.4) is 0 Å². The Morgan fingerprint density at radius 1 is 1.05 bits per heavy atom. The molecule has 0 spiro atoms. The first-order valence-corrected chi connectivity index (χ1v) is 13.7. The van der Waals surface area contributed by atoms with Gasteiger partial charge in [0.25, 0.3) is 0 Å². The van der Waals surface area contributed by atoms with Gasteiger partial charge >= 0.3 is 12.8 Å². The highest BCUT2D eigenvalue weighted by Gasteiger charge is 2.36. The maximum absolute atomic E-state index is 13.8. The summed E-state index contributed by atoms with van der Waals surface area (Å²) in [5.41, 5.74) is 0.199. The highest BCUT2D eigenvalue weighted by atomic mass is 32.2. The van der Waals surface area contributed by atoms with Crippen molar-refractivity contribution in [1.29, 1.82) is 0 Å². The molecule has 0 fully saturated rings. The number of nitrogens with one attached hydrogen (secondary N) is 3. The Balaban J connectivity index is 1.73. The minimum atomic E-state index is -4.89. The first-order chi connectivity index (χ1) is 18.9. The lowest BCUT2D eigenvalue weighted by Gasteiger charge is -2.19. The number of hydrogen-bond acceptors (Lipinski definition) is 8. The molecule has 1 aromatic heterocycles. The van der Waals surface area contributed by atoms with E-state index in [1.807, 2.05) is 6.08 Å². The average molecular weight is 584 g/mol. The van der Waals surface area contributed by atoms with E-state index in [1.165, 1.54) is 50.2 Å². The zero-order valence-corrected chi connectivity index (χ0v) is 22.2. The van der Waals surface area contributed by atoms with E-state index in [2.05, 4.69) is 30.7 Å². The standard InChI is InChI=1S/C26H26F5N5O3S/c1-15(2)40(37,38)22-6-4-3-5-20(22)34-23-18(26(29,30)31)14-33-25(36-23)35-19-8-7-17(13-21(19)39-24(27)28)16-9-11-32-12-10-16/h3-9,13-15,24,32H,10-12H2,1-2H3,(H2,33,34,35,36). The van der Waals surface area contributed by atoms with Crippen LogP contribution in [0.5, 0.6) is 5.75 Å². The molecule has 40 heavy (non-hydrogen) atoms. The molecule has 0 aliphatic carbocycles. The molecule has 3 aromatic rings. The molecule has 0 bridgehead atoms. The van der Waals surface area contributed by atoms with Gasteiger partial charge in [-0.3, -0.25) is 0 Å². The summed E-state index contributed by atoms with van der Waals surface area (Å²) in [6.07, 6.45) is -1.78. The number of hydrogen-bond donors (Lipinski definition) is 3. The van der Waals surface area contributed by atoms with Gasteiger partial charge in [0.15, 0.2) is 9.84 Å². The first-order valence-electron chi connectivity index (χ1n) is 12.2. The van der Waals surface area contributed by atoms with Crippen LogP contribution in [-0.2, 0) is 16.0 Å². The van der Waals surface area contributed by atoms with Gasteiger partial charge in [-0.1, -0.05) is 24.3 Å². The Labute approximate surface area is 227 Å². The Kier molecular flexibility index (Phi) is 8.59. The number of rotatable bonds is 9. The van der Waals surface area contributed by atoms with E-state index in [-0.39, 0.29) is 28.0 Å². The van der Waals surface area contributed by atoms with Crippen LogP contribution in [0.25, 0.3) is 5.57 Å². The van der Waals surface area contributed by atoms with Crippen LogP contribution in [0.2, 0.25) is 0 Å². The summed E-state index contributed by atoms with van der Waals surface area (Å²) in [7, 11) is -3.86. The van der Waals surface area contributed by atoms with Gasteiger partial charge in [-0.25, -0.2) is 13.4 Å². The molecule has 2 heterocycles. The number of nitrogens with zero attached hydrogens (tertiary/aromatic N) is 2. The normalized spacial score (nSPS) is 14.3. The predicted molar refractivity (Wildman–Crippen MR) is 141 cm³/mol. The van der Waals surface area contributed by atoms with Crippen LogP contribution in [0.4, 0.5) is 45.1 Å². The van der Waals surface area contributed by atoms with Gasteiger partial charge in [0.2, 0.25) is 5.95 Å². The maximum Gasteiger partial charge on any atom is 0.421 e. The number of alkyl halides is 5. The van der Waals surface area contributed by atoms with Gasteiger partial charge in [-0.05, 0) is 62.2 Å². The van der Waals surface area contributed by atoms with E-state index in [0.29, 0.717) is 31.3 Å². The van der Waals surface area contributed by atoms with Gasteiger partial charge in [-0.2, -0.15) is 26.9 Å². The Bertz CT molecular complexity index is 1510. The van der Waals surface area contributed by atoms with Crippen LogP contribution in [0.15, 0.2) is 59.6 Å². The second-order valence-electron chi connectivity index (χ2n) is 9.07. The van der Waals surface area contributed by atoms with Crippen molar-refractivity contribution in [3.63, 3.8) is 0 Å². The summed E-state index contributed by atoms with van der Waals surface area (Å²) in [6, 6.07) is 10.0. The largest absolute Gasteiger partial charge is 0.433 e. The van der Waals surface area contributed by atoms with Crippen molar-refractivity contribution < 1.29 is 35.1 Å². The monoisotopic (exact) mass is 583 g/mol. The third kappa shape index (κ3) is 6.67. The maximum atomic E-state index is 13.8. The zero-order chi connectivity index (χ0) is 29.1. The molecule has 0 radical (unpaired) electrons. The van der Waals surface area contributed by atoms with Crippen LogP contribution in [-0.4, -0.2) is 43.3 Å². The van der Waals surface area contributed by atoms with Crippen LogP contribution in [0.1, 0.15) is 31.4 Å². The summed E-state index contributed by atoms with van der Waals surface area (Å²) in [5, 5.41) is 7.43. The summed E-state index contributed by atoms with van der Waals surface area (Å²) >= 11 is 0. The van der Waals surface area contributed by atoms with Gasteiger partial charge in [0.05, 0.1) is 21.5 Å². The molecule has 8 nitrogen and oxygen atoms in total. The first kappa shape index (κ1) is 29.2. The SMILES string of the molecule is CC(C)S(=O)(=O)c1ccccc1Nc1nc(Nc2ccc(C3=CCNCC3)cc2OC(F)F)ncc1C(F)(F)F. The van der Waals surface area contributed by atoms with E-state index in [4.69, 9.17) is 0 Å². The van der Waals surface area contributed by atoms with Crippen molar-refractivity contribution in [2.45, 2.75) is 43.2 Å². The molecule has 3 N–H and O–H groups in total. The van der Waals surface area contributed by atoms with Crippen molar-refractivity contribution in [2.75, 3.05) is 23.7 Å². The van der Waals surface area contributed by atoms with E-state index < -0.39 is 39.3 Å². The summed E-state index contributed by atoms with van der Waals surface area (Å²) in [5.74, 6) is -1.35. The van der Waals surface area contributed by atoms with E-state index in [1.54, 1.807) is 6.07 Å². The second-order valence-corrected chi connectivity index (χ2v) is 11.5. The molecule has 2 aromatic carbocycles. The van der Waals surface area contributed by atoms with Crippen LogP contribution >= 0.6 is 0 Å². The number of para-hydroxylation sites is 1. The van der Waals surface area contributed by atoms with Crippen molar-refractivity contribution in [3.8, 4) is 5.75 Å². The van der Waals surface area contributed by atoms with E-state index >= 15 is 0 Å². The Morgan fingerprint density at radius 2 is 1.80 bits per heavy atom. The lowest BCUT2D eigenvalue weighted by molar-refractivity contribution is -0.137. The molecule has 0 unspecified atom stereocenters. The number of halogens is 5. The lowest BCUT2D eigenvalue weighted by Crippen LogP contribution is -2.20. The minimum absolute atomic E-state index is 0.00733. The van der Waals surface area contributed by atoms with Gasteiger partial charge in [0, 0.05) is 12.7 Å². The quantitative estimate of drug-likeness (QED) is 0.258. The van der Waals surface area contributed by atoms with Crippen molar-refractivity contribution >= 4 is 38.6 Å². The zero-order valence-electron chi connectivity index (χ0n) is 21.4. The molecular formula is C26H26F5N5O3S. The fraction of sp³-hybridized carbons (Fsp3) is 0.308. The molecule has 1 aliphatic rings. The summed E-state index contributed by atoms with van der Waals surface area (Å²) < 4.78 is 98.2. The van der Waals surface area contributed by atoms with E-state index in [9.17, 15) is 30.4 Å². The smallest absolute Gasteiger partial charge is 0.421 e. The fourth-order valence-corrected chi connectivity index (χ4v) is 5.17. The highest BCUT2D eigenvalue weighted by Crippen LogP contribution is 2.38. The second kappa shape index (κ2) is 11.8. The van der Waals surface area contributed by atoms with E-state index in [0.717, 1.165) is 5.57 Å². The summed E-state index contributed by atoms with van der Waals surface area (Å²) in [6.45, 7) is 1.07. The van der Waals surface area contributed by atoms with Gasteiger partial charge < -0.3 is 20.7 Å². The molecule has 0 saturated carbocycles. The highest BCUT2D eigenvalue weighted by molar-refractivity contribution is 7.92. The average Bonchev–Trinajstić information content (AvgIpc) is 2.89. The van der Waals surface area contributed by atoms with Crippen molar-refractivity contribution in [3.05, 3.63) is 65.9 Å². The number of benzene rings is 2. The fourth-order valence-electron chi connectivity index (χ4n) is 3.97. The number of aromatic nitrogens is 2. The number of sulfone groups is 1. The van der Waals surface area contributed by atoms with Crippen molar-refractivity contribution in [1.82, 2.24) is 15.3 Å². The number of anilines is 4. The summed E-state index contributed by atoms with van der Waals surface area (Å²) in [4.78, 5) is 7.42. The van der Waals surface area contributed by atoms with Gasteiger partial charge in [0.1, 0.15) is 17.1 Å². The molecule has 1 aliphatic heterocycles. The molecule has 0 amide bonds. The molecule has 214 valence electrons. The lowest BCUT2D eigenvalue weighted by atomic mass is 9.99.